The first-order valence-electron chi connectivity index (χ1n) is 7.56. The summed E-state index contributed by atoms with van der Waals surface area (Å²) in [6.07, 6.45) is 4.65. The third-order valence-electron chi connectivity index (χ3n) is 3.98. The molecule has 23 heavy (non-hydrogen) atoms. The molecule has 1 fully saturated rings. The van der Waals surface area contributed by atoms with Gasteiger partial charge in [-0.05, 0) is 48.0 Å². The second-order valence-electron chi connectivity index (χ2n) is 5.62. The van der Waals surface area contributed by atoms with Gasteiger partial charge in [0.25, 0.3) is 0 Å². The number of pyridine rings is 1. The number of rotatable bonds is 3. The van der Waals surface area contributed by atoms with Gasteiger partial charge in [-0.15, -0.1) is 11.3 Å². The molecule has 2 N–H and O–H groups in total. The lowest BCUT2D eigenvalue weighted by molar-refractivity contribution is 0.789. The summed E-state index contributed by atoms with van der Waals surface area (Å²) in [6.45, 7) is 4.13. The van der Waals surface area contributed by atoms with Gasteiger partial charge in [0.15, 0.2) is 5.82 Å². The minimum Gasteiger partial charge on any atom is -0.365 e. The Morgan fingerprint density at radius 3 is 2.87 bits per heavy atom. The van der Waals surface area contributed by atoms with Crippen molar-refractivity contribution in [2.75, 3.05) is 18.4 Å². The number of anilines is 1. The van der Waals surface area contributed by atoms with E-state index in [0.29, 0.717) is 6.04 Å². The van der Waals surface area contributed by atoms with Crippen LogP contribution < -0.4 is 10.6 Å². The van der Waals surface area contributed by atoms with Crippen molar-refractivity contribution >= 4 is 43.3 Å². The molecule has 0 bridgehead atoms. The molecule has 3 aromatic rings. The van der Waals surface area contributed by atoms with Crippen molar-refractivity contribution in [1.82, 2.24) is 20.3 Å². The summed E-state index contributed by atoms with van der Waals surface area (Å²) in [7, 11) is 0. The summed E-state index contributed by atoms with van der Waals surface area (Å²) >= 11 is 5.40. The largest absolute Gasteiger partial charge is 0.365 e. The maximum atomic E-state index is 4.80. The molecule has 0 saturated carbocycles. The minimum absolute atomic E-state index is 0.416. The highest BCUT2D eigenvalue weighted by atomic mass is 79.9. The molecular formula is C16H16BrN5S. The predicted molar refractivity (Wildman–Crippen MR) is 98.0 cm³/mol. The zero-order valence-electron chi connectivity index (χ0n) is 12.6. The number of nitrogens with one attached hydrogen (secondary N) is 2. The van der Waals surface area contributed by atoms with Crippen molar-refractivity contribution in [3.05, 3.63) is 33.9 Å². The Bertz CT molecular complexity index is 843. The second-order valence-corrected chi connectivity index (χ2v) is 7.63. The van der Waals surface area contributed by atoms with Crippen LogP contribution in [-0.4, -0.2) is 34.1 Å². The van der Waals surface area contributed by atoms with Gasteiger partial charge in [0.05, 0.1) is 9.17 Å². The zero-order valence-corrected chi connectivity index (χ0v) is 15.0. The van der Waals surface area contributed by atoms with E-state index in [1.165, 1.54) is 4.88 Å². The van der Waals surface area contributed by atoms with E-state index in [0.717, 1.165) is 51.4 Å². The molecule has 0 radical (unpaired) electrons. The maximum Gasteiger partial charge on any atom is 0.162 e. The van der Waals surface area contributed by atoms with Gasteiger partial charge >= 0.3 is 0 Å². The molecule has 7 heteroatoms. The number of aromatic nitrogens is 3. The normalized spacial score (nSPS) is 17.7. The Balaban J connectivity index is 1.86. The highest BCUT2D eigenvalue weighted by Gasteiger charge is 2.20. The molecule has 1 aliphatic rings. The van der Waals surface area contributed by atoms with Crippen LogP contribution >= 0.6 is 27.3 Å². The fourth-order valence-corrected chi connectivity index (χ4v) is 4.36. The molecule has 0 spiro atoms. The lowest BCUT2D eigenvalue weighted by Gasteiger charge is -2.13. The zero-order chi connectivity index (χ0) is 15.8. The summed E-state index contributed by atoms with van der Waals surface area (Å²) < 4.78 is 2.17. The number of hydrogen-bond donors (Lipinski definition) is 2. The quantitative estimate of drug-likeness (QED) is 0.716. The van der Waals surface area contributed by atoms with E-state index in [2.05, 4.69) is 38.5 Å². The second kappa shape index (κ2) is 6.14. The Labute approximate surface area is 146 Å². The molecule has 4 rings (SSSR count). The molecule has 5 nitrogen and oxygen atoms in total. The van der Waals surface area contributed by atoms with Crippen LogP contribution in [0.5, 0.6) is 0 Å². The molecule has 0 amide bonds. The number of thiophene rings is 1. The van der Waals surface area contributed by atoms with Gasteiger partial charge in [-0.2, -0.15) is 0 Å². The summed E-state index contributed by atoms with van der Waals surface area (Å²) in [5, 5.41) is 6.98. The van der Waals surface area contributed by atoms with Crippen molar-refractivity contribution in [3.8, 4) is 11.4 Å². The molecule has 0 unspecified atom stereocenters. The van der Waals surface area contributed by atoms with Gasteiger partial charge in [0.2, 0.25) is 0 Å². The van der Waals surface area contributed by atoms with Crippen molar-refractivity contribution in [2.24, 2.45) is 0 Å². The first-order valence-corrected chi connectivity index (χ1v) is 9.17. The number of hydrogen-bond acceptors (Lipinski definition) is 6. The lowest BCUT2D eigenvalue weighted by atomic mass is 10.2. The minimum atomic E-state index is 0.416. The Kier molecular flexibility index (Phi) is 4.00. The van der Waals surface area contributed by atoms with Crippen LogP contribution in [0.4, 0.5) is 5.82 Å². The maximum absolute atomic E-state index is 4.80. The van der Waals surface area contributed by atoms with Gasteiger partial charge in [-0.25, -0.2) is 9.97 Å². The molecule has 1 saturated heterocycles. The third-order valence-corrected chi connectivity index (χ3v) is 6.31. The van der Waals surface area contributed by atoms with Gasteiger partial charge < -0.3 is 10.6 Å². The third kappa shape index (κ3) is 2.84. The smallest absolute Gasteiger partial charge is 0.162 e. The first kappa shape index (κ1) is 15.0. The van der Waals surface area contributed by atoms with Crippen LogP contribution in [0.3, 0.4) is 0 Å². The number of nitrogens with zero attached hydrogens (tertiary/aromatic N) is 3. The average molecular weight is 390 g/mol. The average Bonchev–Trinajstić information content (AvgIpc) is 3.18. The Morgan fingerprint density at radius 1 is 1.30 bits per heavy atom. The fraction of sp³-hybridized carbons (Fsp3) is 0.312. The molecule has 1 aliphatic heterocycles. The standard InChI is InChI=1S/C16H16BrN5S/c1-9-12(17)13-14(23-9)16(20-11-4-7-19-8-11)22-15(21-13)10-2-5-18-6-3-10/h2-3,5-6,11,19H,4,7-8H2,1H3,(H,20,21,22)/t11-/m0/s1. The van der Waals surface area contributed by atoms with Gasteiger partial charge in [0.1, 0.15) is 11.3 Å². The topological polar surface area (TPSA) is 62.7 Å². The number of fused-ring (bicyclic) bond motifs is 1. The molecule has 118 valence electrons. The highest BCUT2D eigenvalue weighted by Crippen LogP contribution is 2.38. The number of halogens is 1. The molecule has 3 aromatic heterocycles. The Hall–Kier alpha value is -1.57. The van der Waals surface area contributed by atoms with E-state index in [4.69, 9.17) is 9.97 Å². The van der Waals surface area contributed by atoms with E-state index in [-0.39, 0.29) is 0 Å². The van der Waals surface area contributed by atoms with Crippen LogP contribution in [0.25, 0.3) is 21.6 Å². The van der Waals surface area contributed by atoms with E-state index < -0.39 is 0 Å². The van der Waals surface area contributed by atoms with Crippen molar-refractivity contribution < 1.29 is 0 Å². The monoisotopic (exact) mass is 389 g/mol. The van der Waals surface area contributed by atoms with Crippen molar-refractivity contribution in [2.45, 2.75) is 19.4 Å². The van der Waals surface area contributed by atoms with E-state index in [9.17, 15) is 0 Å². The SMILES string of the molecule is Cc1sc2c(N[C@H]3CCNC3)nc(-c3ccncc3)nc2c1Br. The predicted octanol–water partition coefficient (Wildman–Crippen LogP) is 3.60. The molecule has 0 aliphatic carbocycles. The summed E-state index contributed by atoms with van der Waals surface area (Å²) in [6, 6.07) is 4.30. The van der Waals surface area contributed by atoms with Crippen LogP contribution in [0.2, 0.25) is 0 Å². The van der Waals surface area contributed by atoms with Gasteiger partial charge in [-0.1, -0.05) is 0 Å². The Morgan fingerprint density at radius 2 is 2.13 bits per heavy atom. The molecular weight excluding hydrogens is 374 g/mol. The lowest BCUT2D eigenvalue weighted by Crippen LogP contribution is -2.22. The van der Waals surface area contributed by atoms with Crippen LogP contribution in [0.15, 0.2) is 29.0 Å². The van der Waals surface area contributed by atoms with Gasteiger partial charge in [0, 0.05) is 35.4 Å². The van der Waals surface area contributed by atoms with Crippen molar-refractivity contribution in [1.29, 1.82) is 0 Å². The molecule has 0 aromatic carbocycles. The van der Waals surface area contributed by atoms with Gasteiger partial charge in [-0.3, -0.25) is 4.98 Å². The van der Waals surface area contributed by atoms with Crippen LogP contribution in [0.1, 0.15) is 11.3 Å². The van der Waals surface area contributed by atoms with Crippen LogP contribution in [0, 0.1) is 6.92 Å². The highest BCUT2D eigenvalue weighted by molar-refractivity contribution is 9.10. The van der Waals surface area contributed by atoms with Crippen LogP contribution in [-0.2, 0) is 0 Å². The van der Waals surface area contributed by atoms with E-state index in [1.807, 2.05) is 12.1 Å². The summed E-state index contributed by atoms with van der Waals surface area (Å²) in [4.78, 5) is 14.9. The first-order chi connectivity index (χ1) is 11.2. The number of aryl methyl sites for hydroxylation is 1. The van der Waals surface area contributed by atoms with E-state index >= 15 is 0 Å². The molecule has 1 atom stereocenters. The van der Waals surface area contributed by atoms with Crippen molar-refractivity contribution in [3.63, 3.8) is 0 Å². The van der Waals surface area contributed by atoms with E-state index in [1.54, 1.807) is 23.7 Å². The summed E-state index contributed by atoms with van der Waals surface area (Å²) in [5.74, 6) is 1.65. The molecule has 4 heterocycles. The fourth-order valence-electron chi connectivity index (χ4n) is 2.76. The summed E-state index contributed by atoms with van der Waals surface area (Å²) in [5.41, 5.74) is 1.95.